The molecule has 244 valence electrons. The van der Waals surface area contributed by atoms with Crippen LogP contribution in [-0.2, 0) is 5.41 Å². The highest BCUT2D eigenvalue weighted by Gasteiger charge is 2.38. The van der Waals surface area contributed by atoms with Crippen LogP contribution in [0.1, 0.15) is 44.5 Å². The van der Waals surface area contributed by atoms with Crippen molar-refractivity contribution in [2.45, 2.75) is 33.1 Å². The van der Waals surface area contributed by atoms with Gasteiger partial charge in [-0.25, -0.2) is 9.97 Å². The molecular weight excluding hydrogens is 623 g/mol. The van der Waals surface area contributed by atoms with Gasteiger partial charge in [0.25, 0.3) is 0 Å². The largest absolute Gasteiger partial charge is 0.455 e. The molecule has 51 heavy (non-hydrogen) atoms. The Hall–Kier alpha value is -6.26. The molecule has 4 heteroatoms. The Bertz CT molecular complexity index is 2960. The van der Waals surface area contributed by atoms with E-state index in [1.54, 1.807) is 0 Å². The molecule has 0 fully saturated rings. The summed E-state index contributed by atoms with van der Waals surface area (Å²) in [5.41, 5.74) is 13.9. The van der Waals surface area contributed by atoms with Crippen molar-refractivity contribution in [2.75, 3.05) is 0 Å². The summed E-state index contributed by atoms with van der Waals surface area (Å²) >= 11 is 0. The van der Waals surface area contributed by atoms with E-state index in [9.17, 15) is 0 Å². The molecule has 0 amide bonds. The van der Waals surface area contributed by atoms with E-state index in [2.05, 4.69) is 172 Å². The van der Waals surface area contributed by atoms with E-state index in [0.29, 0.717) is 5.82 Å². The van der Waals surface area contributed by atoms with Gasteiger partial charge in [0.05, 0.1) is 27.8 Å². The second kappa shape index (κ2) is 10.9. The second-order valence-electron chi connectivity index (χ2n) is 14.0. The summed E-state index contributed by atoms with van der Waals surface area (Å²) in [5.74, 6) is 0.655. The number of aromatic nitrogens is 3. The maximum atomic E-state index is 6.83. The zero-order chi connectivity index (χ0) is 34.4. The fraction of sp³-hybridized carbons (Fsp3) is 0.106. The zero-order valence-corrected chi connectivity index (χ0v) is 29.0. The van der Waals surface area contributed by atoms with E-state index in [0.717, 1.165) is 60.9 Å². The summed E-state index contributed by atoms with van der Waals surface area (Å²) in [6, 6.07) is 43.1. The molecule has 1 aliphatic carbocycles. The van der Waals surface area contributed by atoms with Crippen LogP contribution in [0, 0.1) is 0 Å². The van der Waals surface area contributed by atoms with Crippen molar-refractivity contribution in [3.63, 3.8) is 0 Å². The van der Waals surface area contributed by atoms with Gasteiger partial charge in [-0.3, -0.25) is 0 Å². The lowest BCUT2D eigenvalue weighted by molar-refractivity contribution is 0.665. The van der Waals surface area contributed by atoms with Gasteiger partial charge in [-0.15, -0.1) is 0 Å². The van der Waals surface area contributed by atoms with Gasteiger partial charge in [0.1, 0.15) is 11.2 Å². The minimum absolute atomic E-state index is 0.205. The number of rotatable bonds is 4. The van der Waals surface area contributed by atoms with Crippen LogP contribution in [0.15, 0.2) is 144 Å². The Morgan fingerprint density at radius 2 is 1.41 bits per heavy atom. The van der Waals surface area contributed by atoms with Crippen LogP contribution < -0.4 is 0 Å². The van der Waals surface area contributed by atoms with Gasteiger partial charge < -0.3 is 8.98 Å². The quantitative estimate of drug-likeness (QED) is 0.177. The van der Waals surface area contributed by atoms with Gasteiger partial charge in [0.15, 0.2) is 5.82 Å². The van der Waals surface area contributed by atoms with E-state index in [4.69, 9.17) is 14.4 Å². The lowest BCUT2D eigenvalue weighted by atomic mass is 9.80. The number of hydrogen-bond acceptors (Lipinski definition) is 3. The minimum Gasteiger partial charge on any atom is -0.455 e. The van der Waals surface area contributed by atoms with Gasteiger partial charge in [0.2, 0.25) is 0 Å². The van der Waals surface area contributed by atoms with Crippen molar-refractivity contribution in [3.8, 4) is 28.2 Å². The SMILES string of the molecule is C/C=C\C(=C/C)c1nc(-c2cccc3c2oc2ccc4c(c5ccccc5n4-c4ccccc4)c23)nc2ccc3c(c12)C(C)(C)c1ccccc1-3. The predicted octanol–water partition coefficient (Wildman–Crippen LogP) is 12.6. The highest BCUT2D eigenvalue weighted by molar-refractivity contribution is 6.28. The maximum absolute atomic E-state index is 6.83. The van der Waals surface area contributed by atoms with Crippen LogP contribution in [0.4, 0.5) is 0 Å². The van der Waals surface area contributed by atoms with Gasteiger partial charge in [-0.2, -0.15) is 0 Å². The molecule has 0 unspecified atom stereocenters. The van der Waals surface area contributed by atoms with Crippen molar-refractivity contribution >= 4 is 60.2 Å². The van der Waals surface area contributed by atoms with Crippen molar-refractivity contribution in [1.82, 2.24) is 14.5 Å². The topological polar surface area (TPSA) is 43.9 Å². The summed E-state index contributed by atoms with van der Waals surface area (Å²) in [7, 11) is 0. The lowest BCUT2D eigenvalue weighted by Gasteiger charge is -2.24. The minimum atomic E-state index is -0.205. The van der Waals surface area contributed by atoms with Crippen LogP contribution >= 0.6 is 0 Å². The Morgan fingerprint density at radius 1 is 0.647 bits per heavy atom. The molecule has 0 spiro atoms. The lowest BCUT2D eigenvalue weighted by Crippen LogP contribution is -2.16. The Balaban J connectivity index is 1.27. The summed E-state index contributed by atoms with van der Waals surface area (Å²) in [5, 5.41) is 5.65. The first-order valence-electron chi connectivity index (χ1n) is 17.7. The molecule has 0 N–H and O–H groups in total. The molecular formula is C47H35N3O. The van der Waals surface area contributed by atoms with Gasteiger partial charge >= 0.3 is 0 Å². The third kappa shape index (κ3) is 4.08. The summed E-state index contributed by atoms with van der Waals surface area (Å²) < 4.78 is 9.18. The van der Waals surface area contributed by atoms with Gasteiger partial charge in [0, 0.05) is 38.0 Å². The number of benzene rings is 6. The molecule has 3 aromatic heterocycles. The Labute approximate surface area is 296 Å². The molecule has 1 aliphatic rings. The molecule has 6 aromatic carbocycles. The van der Waals surface area contributed by atoms with Crippen LogP contribution in [0.5, 0.6) is 0 Å². The normalized spacial score (nSPS) is 14.1. The number of nitrogens with zero attached hydrogens (tertiary/aromatic N) is 3. The predicted molar refractivity (Wildman–Crippen MR) is 213 cm³/mol. The Morgan fingerprint density at radius 3 is 2.25 bits per heavy atom. The second-order valence-corrected chi connectivity index (χ2v) is 14.0. The molecule has 0 radical (unpaired) electrons. The molecule has 9 aromatic rings. The fourth-order valence-electron chi connectivity index (χ4n) is 8.70. The van der Waals surface area contributed by atoms with E-state index in [1.165, 1.54) is 38.5 Å². The fourth-order valence-corrected chi connectivity index (χ4v) is 8.70. The molecule has 0 bridgehead atoms. The van der Waals surface area contributed by atoms with Gasteiger partial charge in [-0.1, -0.05) is 111 Å². The third-order valence-electron chi connectivity index (χ3n) is 10.9. The third-order valence-corrected chi connectivity index (χ3v) is 10.9. The van der Waals surface area contributed by atoms with E-state index in [-0.39, 0.29) is 5.41 Å². The number of hydrogen-bond donors (Lipinski definition) is 0. The highest BCUT2D eigenvalue weighted by Crippen LogP contribution is 2.52. The van der Waals surface area contributed by atoms with Crippen molar-refractivity contribution < 1.29 is 4.42 Å². The van der Waals surface area contributed by atoms with Crippen molar-refractivity contribution in [2.24, 2.45) is 0 Å². The maximum Gasteiger partial charge on any atom is 0.164 e. The number of para-hydroxylation sites is 3. The summed E-state index contributed by atoms with van der Waals surface area (Å²) in [4.78, 5) is 10.8. The van der Waals surface area contributed by atoms with Crippen LogP contribution in [0.25, 0.3) is 88.4 Å². The molecule has 0 saturated carbocycles. The molecule has 0 saturated heterocycles. The monoisotopic (exact) mass is 657 g/mol. The van der Waals surface area contributed by atoms with E-state index >= 15 is 0 Å². The standard InChI is InChI=1S/C47H35N3O/c1-5-15-28(6-2)44-42-36(25-24-31-30-18-10-12-22-35(30)47(3,4)43(31)42)48-46(49-44)34-21-14-20-33-41-39(51-45(33)34)27-26-38-40(41)32-19-11-13-23-37(32)50(38)29-16-8-7-9-17-29/h5-27H,1-4H3/b15-5-,28-6+. The number of fused-ring (bicyclic) bond motifs is 12. The average Bonchev–Trinajstić information content (AvgIpc) is 3.79. The van der Waals surface area contributed by atoms with Crippen LogP contribution in [-0.4, -0.2) is 14.5 Å². The van der Waals surface area contributed by atoms with Crippen molar-refractivity contribution in [1.29, 1.82) is 0 Å². The van der Waals surface area contributed by atoms with Crippen LogP contribution in [0.3, 0.4) is 0 Å². The van der Waals surface area contributed by atoms with E-state index in [1.807, 2.05) is 0 Å². The molecule has 10 rings (SSSR count). The first-order chi connectivity index (χ1) is 25.0. The van der Waals surface area contributed by atoms with Crippen LogP contribution in [0.2, 0.25) is 0 Å². The van der Waals surface area contributed by atoms with Crippen molar-refractivity contribution in [3.05, 3.63) is 156 Å². The molecule has 0 aliphatic heterocycles. The molecule has 0 atom stereocenters. The summed E-state index contributed by atoms with van der Waals surface area (Å²) in [6.45, 7) is 8.79. The number of allylic oxidation sites excluding steroid dienone is 4. The number of furan rings is 1. The van der Waals surface area contributed by atoms with E-state index < -0.39 is 0 Å². The smallest absolute Gasteiger partial charge is 0.164 e. The molecule has 3 heterocycles. The summed E-state index contributed by atoms with van der Waals surface area (Å²) in [6.07, 6.45) is 6.39. The van der Waals surface area contributed by atoms with Gasteiger partial charge in [-0.05, 0) is 84.1 Å². The average molecular weight is 658 g/mol. The Kier molecular flexibility index (Phi) is 6.32. The first kappa shape index (κ1) is 29.6. The highest BCUT2D eigenvalue weighted by atomic mass is 16.3. The zero-order valence-electron chi connectivity index (χ0n) is 29.0. The molecule has 4 nitrogen and oxygen atoms in total. The first-order valence-corrected chi connectivity index (χ1v) is 17.7.